The zero-order valence-corrected chi connectivity index (χ0v) is 56.3. The van der Waals surface area contributed by atoms with Crippen LogP contribution in [-0.4, -0.2) is 126 Å². The highest BCUT2D eigenvalue weighted by atomic mass is 36.0. The number of aliphatic hydroxyl groups is 1. The molecule has 0 aliphatic carbocycles. The van der Waals surface area contributed by atoms with Crippen LogP contribution in [0.4, 0.5) is 8.78 Å². The second-order valence-electron chi connectivity index (χ2n) is 18.9. The van der Waals surface area contributed by atoms with Crippen LogP contribution in [0.3, 0.4) is 0 Å². The number of ether oxygens (including phenoxy) is 5. The molecule has 0 aliphatic heterocycles. The Balaban J connectivity index is 0.000000192. The number of H-pyrrole nitrogens is 1. The number of methoxy groups -OCH3 is 5. The van der Waals surface area contributed by atoms with Gasteiger partial charge in [0, 0.05) is 68.4 Å². The molecule has 0 saturated carbocycles. The summed E-state index contributed by atoms with van der Waals surface area (Å²) in [4.78, 5) is 69.8. The quantitative estimate of drug-likeness (QED) is 0.0282. The van der Waals surface area contributed by atoms with Gasteiger partial charge in [-0.1, -0.05) is 133 Å². The Morgan fingerprint density at radius 3 is 1.34 bits per heavy atom. The van der Waals surface area contributed by atoms with Gasteiger partial charge in [0.2, 0.25) is 50.3 Å². The maximum absolute atomic E-state index is 13.5. The molecule has 99 heavy (non-hydrogen) atoms. The molecule has 4 aromatic carbocycles. The van der Waals surface area contributed by atoms with E-state index >= 15 is 0 Å². The highest BCUT2D eigenvalue weighted by molar-refractivity contribution is 8.26. The van der Waals surface area contributed by atoms with Gasteiger partial charge in [0.15, 0.2) is 11.6 Å². The van der Waals surface area contributed by atoms with Crippen LogP contribution >= 0.6 is 33.0 Å². The lowest BCUT2D eigenvalue weighted by Gasteiger charge is -2.11. The van der Waals surface area contributed by atoms with Crippen molar-refractivity contribution in [2.75, 3.05) is 35.5 Å². The van der Waals surface area contributed by atoms with E-state index in [2.05, 4.69) is 101 Å². The summed E-state index contributed by atoms with van der Waals surface area (Å²) in [6.07, 6.45) is 12.3. The van der Waals surface area contributed by atoms with Crippen LogP contribution in [-0.2, 0) is 33.0 Å². The van der Waals surface area contributed by atoms with Gasteiger partial charge in [-0.15, -0.1) is 11.6 Å². The van der Waals surface area contributed by atoms with Gasteiger partial charge < -0.3 is 38.3 Å². The maximum atomic E-state index is 13.5. The summed E-state index contributed by atoms with van der Waals surface area (Å²) in [6.45, 7) is 12.4. The second-order valence-corrected chi connectivity index (χ2v) is 21.6. The number of nitrogens with two attached hydrogens (primary N) is 1. The van der Waals surface area contributed by atoms with Crippen LogP contribution in [0.25, 0.3) is 77.8 Å². The van der Waals surface area contributed by atoms with Crippen LogP contribution in [0.5, 0.6) is 23.5 Å². The van der Waals surface area contributed by atoms with E-state index in [1.165, 1.54) is 39.7 Å². The monoisotopic (exact) mass is 1420 g/mol. The van der Waals surface area contributed by atoms with Gasteiger partial charge in [-0.3, -0.25) is 15.0 Å². The van der Waals surface area contributed by atoms with Crippen LogP contribution in [0.15, 0.2) is 207 Å². The first-order valence-electron chi connectivity index (χ1n) is 28.7. The lowest BCUT2D eigenvalue weighted by Crippen LogP contribution is -2.08. The molecule has 506 valence electrons. The molecule has 8 heterocycles. The number of pyridine rings is 2. The maximum Gasteiger partial charge on any atom is 0.540 e. The molecular formula is C68H60Cl3F2N17O8S. The molecule has 8 aromatic heterocycles. The zero-order chi connectivity index (χ0) is 71.3. The third-order valence-corrected chi connectivity index (χ3v) is 12.8. The number of carbonyl (C=O) groups excluding carboxylic acids is 1. The van der Waals surface area contributed by atoms with E-state index in [4.69, 9.17) is 58.7 Å². The second kappa shape index (κ2) is 41.4. The van der Waals surface area contributed by atoms with E-state index in [0.717, 1.165) is 39.3 Å². The number of nitrogens with one attached hydrogen (secondary N) is 1. The smallest absolute Gasteiger partial charge is 0.480 e. The van der Waals surface area contributed by atoms with Crippen LogP contribution in [0.2, 0.25) is 0 Å². The normalized spacial score (nSPS) is 9.98. The van der Waals surface area contributed by atoms with Crippen molar-refractivity contribution in [3.05, 3.63) is 265 Å². The Kier molecular flexibility index (Phi) is 31.9. The lowest BCUT2D eigenvalue weighted by atomic mass is 10.2. The van der Waals surface area contributed by atoms with Crippen molar-refractivity contribution in [3.63, 3.8) is 0 Å². The molecule has 12 aromatic rings. The van der Waals surface area contributed by atoms with Crippen molar-refractivity contribution in [2.24, 2.45) is 5.73 Å². The third-order valence-electron chi connectivity index (χ3n) is 12.6. The molecule has 0 saturated heterocycles. The van der Waals surface area contributed by atoms with E-state index in [1.54, 1.807) is 81.9 Å². The summed E-state index contributed by atoms with van der Waals surface area (Å²) >= 11 is 5.73. The molecule has 0 aliphatic rings. The summed E-state index contributed by atoms with van der Waals surface area (Å²) in [5.41, 5.74) is 14.3. The number of nitrogens with zero attached hydrogens (tertiary/aromatic N) is 15. The Morgan fingerprint density at radius 2 is 0.949 bits per heavy atom. The Bertz CT molecular complexity index is 4450. The van der Waals surface area contributed by atoms with Crippen LogP contribution in [0, 0.1) is 25.0 Å². The fourth-order valence-corrected chi connectivity index (χ4v) is 8.26. The Labute approximate surface area is 583 Å². The number of rotatable bonds is 15. The van der Waals surface area contributed by atoms with Gasteiger partial charge in [-0.05, 0) is 24.3 Å². The van der Waals surface area contributed by atoms with Crippen molar-refractivity contribution in [3.8, 4) is 91.6 Å². The fourth-order valence-electron chi connectivity index (χ4n) is 8.07. The van der Waals surface area contributed by atoms with Crippen molar-refractivity contribution >= 4 is 48.2 Å². The first kappa shape index (κ1) is 76.4. The van der Waals surface area contributed by atoms with Crippen LogP contribution in [0.1, 0.15) is 27.6 Å². The number of aliphatic hydroxyl groups excluding tert-OH is 1. The van der Waals surface area contributed by atoms with Gasteiger partial charge in [-0.2, -0.15) is 14.5 Å². The lowest BCUT2D eigenvalue weighted by molar-refractivity contribution is 0.0589. The van der Waals surface area contributed by atoms with Crippen molar-refractivity contribution in [1.82, 2.24) is 69.4 Å². The number of hydrogen-bond acceptors (Lipinski definition) is 21. The fraction of sp³-hybridized carbons (Fsp3) is 0.132. The van der Waals surface area contributed by atoms with Gasteiger partial charge in [-0.25, -0.2) is 76.7 Å². The van der Waals surface area contributed by atoms with Gasteiger partial charge in [0.05, 0.1) is 102 Å². The number of aromatic amines is 1. The number of aromatic nitrogens is 14. The van der Waals surface area contributed by atoms with Crippen molar-refractivity contribution in [1.29, 1.82) is 0 Å². The minimum Gasteiger partial charge on any atom is -0.480 e. The van der Waals surface area contributed by atoms with E-state index in [0.29, 0.717) is 75.9 Å². The molecule has 0 radical (unpaired) electrons. The number of carbonyl (C=O) groups is 1. The molecule has 0 bridgehead atoms. The minimum atomic E-state index is -1.67. The van der Waals surface area contributed by atoms with Gasteiger partial charge in [0.1, 0.15) is 28.5 Å². The zero-order valence-electron chi connectivity index (χ0n) is 53.2. The molecule has 25 nitrogen and oxygen atoms in total. The summed E-state index contributed by atoms with van der Waals surface area (Å²) in [5, 5.41) is 9.03. The highest BCUT2D eigenvalue weighted by Crippen LogP contribution is 2.27. The molecule has 0 unspecified atom stereocenters. The van der Waals surface area contributed by atoms with E-state index < -0.39 is 33.4 Å². The standard InChI is InChI=1S/C20H16FN5O.C13H12N2O3.C12H11ClN2O.C12H12N2O2.C8H6FN3.C3H3N3.Cl2OS/c1-27-20-17(23-12-16(25-20)14-6-3-2-4-7-14)13-26-11-10-22-19(26)15-8-5-9-18(21)24-15;1-17-12-11(13(16)18-2)14-8-10(15-12)9-6-4-3-5-7-9;1-16-12-10(7-13)14-8-11(15-12)9-5-3-2-4-6-9;1-16-12-11(8-15)13-7-10(14-12)9-5-3-2-4-6-9;9-7-3-1-2-6(12-7)8-10-4-5-11-8;1-5-3(4)6-2;1-4(2)3/h2-12H,13H2,1H3;3-8H,1-2H3;2-6,8H,7H2,1H3;2-7,15H,8H2,1H3;1-5H,(H,10,11);3H,4H2;. The Morgan fingerprint density at radius 1 is 0.545 bits per heavy atom. The van der Waals surface area contributed by atoms with Gasteiger partial charge >= 0.3 is 12.3 Å². The van der Waals surface area contributed by atoms with Crippen LogP contribution < -0.4 is 24.7 Å². The summed E-state index contributed by atoms with van der Waals surface area (Å²) in [6, 6.07) is 48.0. The first-order chi connectivity index (χ1) is 48.1. The van der Waals surface area contributed by atoms with Gasteiger partial charge in [0.25, 0.3) is 0 Å². The topological polar surface area (TPSA) is 311 Å². The molecular weight excluding hydrogens is 1360 g/mol. The molecule has 0 spiro atoms. The Hall–Kier alpha value is -11.6. The predicted octanol–water partition coefficient (Wildman–Crippen LogP) is 12.8. The average molecular weight is 1420 g/mol. The number of imidazole rings is 2. The number of halogens is 5. The molecule has 4 N–H and O–H groups in total. The summed E-state index contributed by atoms with van der Waals surface area (Å²) in [5.74, 6) is 1.24. The number of benzene rings is 4. The average Bonchev–Trinajstić information content (AvgIpc) is 1.82. The third kappa shape index (κ3) is 24.2. The molecule has 0 amide bonds. The highest BCUT2D eigenvalue weighted by Gasteiger charge is 2.18. The summed E-state index contributed by atoms with van der Waals surface area (Å²) in [7, 11) is 14.7. The summed E-state index contributed by atoms with van der Waals surface area (Å²) < 4.78 is 62.3. The number of hydrogen-bond donors (Lipinski definition) is 3. The number of alkyl halides is 1. The predicted molar refractivity (Wildman–Crippen MR) is 370 cm³/mol. The number of esters is 1. The van der Waals surface area contributed by atoms with E-state index in [9.17, 15) is 13.6 Å². The molecule has 12 rings (SSSR count). The minimum absolute atomic E-state index is 0.0691. The molecule has 0 atom stereocenters. The van der Waals surface area contributed by atoms with E-state index in [1.807, 2.05) is 126 Å². The van der Waals surface area contributed by atoms with Crippen molar-refractivity contribution in [2.45, 2.75) is 25.3 Å². The van der Waals surface area contributed by atoms with Crippen molar-refractivity contribution < 1.29 is 46.6 Å². The SMILES string of the molecule is COC(=O)c1ncc(-c2ccccc2)nc1OC.COc1nc(-c2ccccc2)cnc1CCl.COc1nc(-c2ccccc2)cnc1CO.COc1nc(-c2ccccc2)cnc1Cn1ccnc1-c1cccc(F)n1.Fc1cccc(-c2ncc[nH]2)n1.O=S(Cl)Cl.[C-]#[N+]C(N)[N+]#[C-]. The first-order valence-corrected chi connectivity index (χ1v) is 32.0. The van der Waals surface area contributed by atoms with E-state index in [-0.39, 0.29) is 18.2 Å². The molecule has 31 heteroatoms. The largest absolute Gasteiger partial charge is 0.540 e. The molecule has 0 fully saturated rings.